The van der Waals surface area contributed by atoms with E-state index in [0.717, 1.165) is 19.5 Å². The van der Waals surface area contributed by atoms with Gasteiger partial charge in [-0.3, -0.25) is 14.6 Å². The van der Waals surface area contributed by atoms with Crippen molar-refractivity contribution in [1.29, 1.82) is 0 Å². The Morgan fingerprint density at radius 2 is 1.33 bits per heavy atom. The predicted octanol–water partition coefficient (Wildman–Crippen LogP) is 3.70. The van der Waals surface area contributed by atoms with Crippen LogP contribution in [0.1, 0.15) is 39.0 Å². The Bertz CT molecular complexity index is 234. The summed E-state index contributed by atoms with van der Waals surface area (Å²) in [7, 11) is 5.78. The number of nitrogens with zero attached hydrogens (tertiary/aromatic N) is 2. The maximum absolute atomic E-state index is 10.6. The van der Waals surface area contributed by atoms with Crippen molar-refractivity contribution in [3.05, 3.63) is 0 Å². The highest BCUT2D eigenvalue weighted by Crippen LogP contribution is 2.04. The van der Waals surface area contributed by atoms with Crippen LogP contribution >= 0.6 is 37.2 Å². The van der Waals surface area contributed by atoms with Crippen LogP contribution in [0, 0.1) is 0 Å². The van der Waals surface area contributed by atoms with Gasteiger partial charge in [0, 0.05) is 57.8 Å². The van der Waals surface area contributed by atoms with Gasteiger partial charge in [0.05, 0.1) is 6.73 Å². The number of ether oxygens (including phenoxy) is 2. The van der Waals surface area contributed by atoms with Crippen molar-refractivity contribution in [3.63, 3.8) is 0 Å². The van der Waals surface area contributed by atoms with Gasteiger partial charge in [0.2, 0.25) is 0 Å². The first kappa shape index (κ1) is 24.1. The van der Waals surface area contributed by atoms with Gasteiger partial charge in [-0.1, -0.05) is 19.3 Å². The molecule has 0 bridgehead atoms. The monoisotopic (exact) mass is 528 g/mol. The van der Waals surface area contributed by atoms with Crippen molar-refractivity contribution < 1.29 is 14.3 Å². The van der Waals surface area contributed by atoms with Gasteiger partial charge in [-0.05, 0) is 33.5 Å². The first-order valence-corrected chi connectivity index (χ1v) is 13.5. The first-order valence-electron chi connectivity index (χ1n) is 7.20. The second kappa shape index (κ2) is 18.9. The van der Waals surface area contributed by atoms with Crippen LogP contribution in [0.3, 0.4) is 0 Å². The van der Waals surface area contributed by atoms with E-state index in [4.69, 9.17) is 9.47 Å². The summed E-state index contributed by atoms with van der Waals surface area (Å²) in [5.41, 5.74) is 0. The van der Waals surface area contributed by atoms with E-state index in [1.165, 1.54) is 32.6 Å². The molecule has 0 spiro atoms. The summed E-state index contributed by atoms with van der Waals surface area (Å²) in [5.74, 6) is -0.216. The molecule has 0 atom stereocenters. The van der Waals surface area contributed by atoms with Crippen molar-refractivity contribution in [3.8, 4) is 0 Å². The van der Waals surface area contributed by atoms with E-state index in [0.29, 0.717) is 13.5 Å². The minimum atomic E-state index is -0.216. The normalized spacial score (nSPS) is 10.5. The molecule has 0 aromatic carbocycles. The van der Waals surface area contributed by atoms with Crippen molar-refractivity contribution in [2.24, 2.45) is 0 Å². The minimum Gasteiger partial charge on any atom is -0.450 e. The second-order valence-electron chi connectivity index (χ2n) is 5.11. The van der Waals surface area contributed by atoms with Gasteiger partial charge in [0.15, 0.2) is 0 Å². The molecule has 0 unspecified atom stereocenters. The molecule has 0 aliphatic rings. The van der Waals surface area contributed by atoms with E-state index in [2.05, 4.69) is 49.2 Å². The quantitative estimate of drug-likeness (QED) is 0.167. The Hall–Kier alpha value is 0.810. The maximum Gasteiger partial charge on any atom is 0.303 e. The summed E-state index contributed by atoms with van der Waals surface area (Å²) >= 11 is 4.24. The molecule has 5 nitrogen and oxygen atoms in total. The molecule has 128 valence electrons. The third-order valence-electron chi connectivity index (χ3n) is 2.92. The van der Waals surface area contributed by atoms with Gasteiger partial charge < -0.3 is 9.47 Å². The molecule has 0 aromatic heterocycles. The highest BCUT2D eigenvalue weighted by molar-refractivity contribution is 15.0. The van der Waals surface area contributed by atoms with E-state index < -0.39 is 0 Å². The van der Waals surface area contributed by atoms with Gasteiger partial charge in [-0.15, -0.1) is 0 Å². The summed E-state index contributed by atoms with van der Waals surface area (Å²) in [4.78, 5) is 14.9. The number of hydrogen-bond donors (Lipinski definition) is 0. The lowest BCUT2D eigenvalue weighted by Gasteiger charge is -2.16. The Morgan fingerprint density at radius 1 is 0.905 bits per heavy atom. The Balaban J connectivity index is 0. The Morgan fingerprint density at radius 3 is 1.76 bits per heavy atom. The average molecular weight is 528 g/mol. The van der Waals surface area contributed by atoms with E-state index >= 15 is 0 Å². The van der Waals surface area contributed by atoms with Gasteiger partial charge in [0.25, 0.3) is 0 Å². The summed E-state index contributed by atoms with van der Waals surface area (Å²) in [5, 5.41) is 0. The second-order valence-corrected chi connectivity index (χ2v) is 5.11. The fourth-order valence-corrected chi connectivity index (χ4v) is 1.84. The highest BCUT2D eigenvalue weighted by atomic mass is 128. The van der Waals surface area contributed by atoms with E-state index in [1.54, 1.807) is 7.11 Å². The largest absolute Gasteiger partial charge is 0.450 e. The molecule has 0 aliphatic heterocycles. The summed E-state index contributed by atoms with van der Waals surface area (Å²) in [6.45, 7) is 4.63. The number of unbranched alkanes of at least 4 members (excludes halogenated alkanes) is 4. The molecule has 7 heteroatoms. The number of carbonyl (C=O) groups excluding carboxylic acids is 1. The zero-order valence-corrected chi connectivity index (χ0v) is 18.1. The molecule has 0 radical (unpaired) electrons. The summed E-state index contributed by atoms with van der Waals surface area (Å²) < 4.78 is 9.97. The van der Waals surface area contributed by atoms with Crippen LogP contribution < -0.4 is 0 Å². The summed E-state index contributed by atoms with van der Waals surface area (Å²) in [6.07, 6.45) is 6.15. The van der Waals surface area contributed by atoms with E-state index in [1.807, 2.05) is 11.9 Å². The molecule has 0 fully saturated rings. The third kappa shape index (κ3) is 20.8. The van der Waals surface area contributed by atoms with Crippen LogP contribution in [-0.4, -0.2) is 63.5 Å². The number of hydrogen-bond acceptors (Lipinski definition) is 5. The highest BCUT2D eigenvalue weighted by Gasteiger charge is 2.00. The molecule has 0 N–H and O–H groups in total. The first-order chi connectivity index (χ1) is 10.1. The van der Waals surface area contributed by atoms with Crippen LogP contribution in [-0.2, 0) is 14.3 Å². The van der Waals surface area contributed by atoms with Gasteiger partial charge in [-0.2, -0.15) is 0 Å². The van der Waals surface area contributed by atoms with Crippen LogP contribution in [0.25, 0.3) is 0 Å². The SMILES string of the molecule is COCN(C)CCCCCCCN(C)COC(C)=O.II. The smallest absolute Gasteiger partial charge is 0.303 e. The van der Waals surface area contributed by atoms with Crippen molar-refractivity contribution >= 4 is 43.2 Å². The number of halogens is 2. The average Bonchev–Trinajstić information content (AvgIpc) is 2.46. The lowest BCUT2D eigenvalue weighted by atomic mass is 10.1. The fourth-order valence-electron chi connectivity index (χ4n) is 1.84. The van der Waals surface area contributed by atoms with Crippen molar-refractivity contribution in [2.75, 3.05) is 47.8 Å². The van der Waals surface area contributed by atoms with Gasteiger partial charge in [0.1, 0.15) is 6.73 Å². The predicted molar refractivity (Wildman–Crippen MR) is 105 cm³/mol. The number of rotatable bonds is 12. The molecule has 0 amide bonds. The van der Waals surface area contributed by atoms with E-state index in [-0.39, 0.29) is 5.97 Å². The molecular weight excluding hydrogens is 498 g/mol. The maximum atomic E-state index is 10.6. The lowest BCUT2D eigenvalue weighted by Crippen LogP contribution is -2.24. The van der Waals surface area contributed by atoms with Crippen molar-refractivity contribution in [1.82, 2.24) is 9.80 Å². The topological polar surface area (TPSA) is 42.0 Å². The Kier molecular flexibility index (Phi) is 21.6. The number of carbonyl (C=O) groups is 1. The third-order valence-corrected chi connectivity index (χ3v) is 2.92. The van der Waals surface area contributed by atoms with Crippen LogP contribution in [0.2, 0.25) is 0 Å². The zero-order valence-electron chi connectivity index (χ0n) is 13.7. The summed E-state index contributed by atoms with van der Waals surface area (Å²) in [6, 6.07) is 0. The molecule has 0 rings (SSSR count). The molecule has 0 saturated heterocycles. The van der Waals surface area contributed by atoms with Crippen LogP contribution in [0.4, 0.5) is 0 Å². The number of methoxy groups -OCH3 is 1. The Labute approximate surface area is 153 Å². The molecule has 0 aromatic rings. The standard InChI is InChI=1S/C14H30N2O3.I2/c1-14(17)19-13-16(3)11-9-7-5-6-8-10-15(2)12-18-4;1-2/h5-13H2,1-4H3;. The molecule has 0 aliphatic carbocycles. The van der Waals surface area contributed by atoms with Crippen LogP contribution in [0.15, 0.2) is 0 Å². The fraction of sp³-hybridized carbons (Fsp3) is 0.929. The molecular formula is C14H30I2N2O3. The molecule has 0 heterocycles. The lowest BCUT2D eigenvalue weighted by molar-refractivity contribution is -0.145. The van der Waals surface area contributed by atoms with Gasteiger partial charge >= 0.3 is 5.97 Å². The number of esters is 1. The van der Waals surface area contributed by atoms with Crippen LogP contribution in [0.5, 0.6) is 0 Å². The zero-order chi connectivity index (χ0) is 16.5. The van der Waals surface area contributed by atoms with E-state index in [9.17, 15) is 4.79 Å². The van der Waals surface area contributed by atoms with Gasteiger partial charge in [-0.25, -0.2) is 0 Å². The molecule has 21 heavy (non-hydrogen) atoms. The minimum absolute atomic E-state index is 0.216. The molecule has 0 saturated carbocycles. The van der Waals surface area contributed by atoms with Crippen molar-refractivity contribution in [2.45, 2.75) is 39.0 Å².